The van der Waals surface area contributed by atoms with Crippen LogP contribution in [0.2, 0.25) is 0 Å². The molecular formula is C57H41NO. The highest BCUT2D eigenvalue weighted by atomic mass is 16.3. The molecule has 0 saturated heterocycles. The van der Waals surface area contributed by atoms with Gasteiger partial charge in [0.15, 0.2) is 0 Å². The SMILES string of the molecule is CC1(C)c2cc(-c3ccccc3)ccc2-c2ccc(N(c3ccc4oc5ccccc5c4c3)c3cccc(-c4ccccc4)c3-c3ccccc3-c3ccccc3)cc21. The largest absolute Gasteiger partial charge is 0.456 e. The van der Waals surface area contributed by atoms with Gasteiger partial charge in [0, 0.05) is 33.1 Å². The summed E-state index contributed by atoms with van der Waals surface area (Å²) in [7, 11) is 0. The van der Waals surface area contributed by atoms with Crippen LogP contribution in [0.3, 0.4) is 0 Å². The van der Waals surface area contributed by atoms with Gasteiger partial charge in [-0.05, 0) is 110 Å². The standard InChI is InChI=1S/C57H41NO/c1-57(2)51-35-41(38-17-6-3-7-18-38)29-32-46(51)47-33-30-43(37-52(47)57)58(42-31-34-55-50(36-42)48-24-14-15-28-54(48)59-55)53-27-16-26-45(40-21-10-5-11-22-40)56(53)49-25-13-12-23-44(49)39-19-8-4-9-20-39/h3-37H,1-2H3. The summed E-state index contributed by atoms with van der Waals surface area (Å²) >= 11 is 0. The molecule has 0 spiro atoms. The molecule has 0 amide bonds. The number of hydrogen-bond acceptors (Lipinski definition) is 2. The summed E-state index contributed by atoms with van der Waals surface area (Å²) in [6.07, 6.45) is 0. The zero-order valence-corrected chi connectivity index (χ0v) is 33.1. The number of para-hydroxylation sites is 1. The van der Waals surface area contributed by atoms with E-state index < -0.39 is 0 Å². The first-order chi connectivity index (χ1) is 29.0. The molecule has 1 aliphatic rings. The van der Waals surface area contributed by atoms with Crippen molar-refractivity contribution in [3.8, 4) is 55.6 Å². The van der Waals surface area contributed by atoms with Gasteiger partial charge in [0.2, 0.25) is 0 Å². The van der Waals surface area contributed by atoms with E-state index >= 15 is 0 Å². The molecule has 0 radical (unpaired) electrons. The minimum atomic E-state index is -0.226. The summed E-state index contributed by atoms with van der Waals surface area (Å²) in [5.41, 5.74) is 19.6. The van der Waals surface area contributed by atoms with Gasteiger partial charge in [-0.25, -0.2) is 0 Å². The summed E-state index contributed by atoms with van der Waals surface area (Å²) in [6.45, 7) is 4.75. The number of fused-ring (bicyclic) bond motifs is 6. The van der Waals surface area contributed by atoms with Crippen molar-refractivity contribution < 1.29 is 4.42 Å². The summed E-state index contributed by atoms with van der Waals surface area (Å²) in [5.74, 6) is 0. The molecule has 2 nitrogen and oxygen atoms in total. The van der Waals surface area contributed by atoms with Crippen molar-refractivity contribution in [3.63, 3.8) is 0 Å². The molecule has 59 heavy (non-hydrogen) atoms. The molecule has 2 heteroatoms. The third-order valence-electron chi connectivity index (χ3n) is 12.3. The van der Waals surface area contributed by atoms with Gasteiger partial charge in [-0.15, -0.1) is 0 Å². The number of anilines is 3. The van der Waals surface area contributed by atoms with Crippen LogP contribution in [0.15, 0.2) is 217 Å². The molecule has 11 rings (SSSR count). The molecular weight excluding hydrogens is 715 g/mol. The number of furan rings is 1. The van der Waals surface area contributed by atoms with E-state index in [2.05, 4.69) is 225 Å². The lowest BCUT2D eigenvalue weighted by atomic mass is 9.81. The van der Waals surface area contributed by atoms with Crippen LogP contribution in [0.25, 0.3) is 77.6 Å². The van der Waals surface area contributed by atoms with Crippen molar-refractivity contribution >= 4 is 39.0 Å². The molecule has 1 aliphatic carbocycles. The summed E-state index contributed by atoms with van der Waals surface area (Å²) < 4.78 is 6.38. The van der Waals surface area contributed by atoms with Crippen molar-refractivity contribution in [1.29, 1.82) is 0 Å². The molecule has 0 aliphatic heterocycles. The Kier molecular flexibility index (Phi) is 8.20. The first-order valence-corrected chi connectivity index (χ1v) is 20.4. The predicted molar refractivity (Wildman–Crippen MR) is 248 cm³/mol. The van der Waals surface area contributed by atoms with Gasteiger partial charge >= 0.3 is 0 Å². The van der Waals surface area contributed by atoms with Crippen molar-refractivity contribution in [2.24, 2.45) is 0 Å². The number of benzene rings is 9. The average Bonchev–Trinajstić information content (AvgIpc) is 3.78. The van der Waals surface area contributed by atoms with Crippen LogP contribution < -0.4 is 4.90 Å². The van der Waals surface area contributed by atoms with Gasteiger partial charge in [0.1, 0.15) is 11.2 Å². The molecule has 0 bridgehead atoms. The predicted octanol–water partition coefficient (Wildman–Crippen LogP) is 16.0. The third kappa shape index (κ3) is 5.79. The quantitative estimate of drug-likeness (QED) is 0.161. The van der Waals surface area contributed by atoms with Crippen molar-refractivity contribution in [1.82, 2.24) is 0 Å². The molecule has 0 atom stereocenters. The molecule has 1 aromatic heterocycles. The lowest BCUT2D eigenvalue weighted by Gasteiger charge is -2.31. The number of nitrogens with zero attached hydrogens (tertiary/aromatic N) is 1. The van der Waals surface area contributed by atoms with Crippen LogP contribution >= 0.6 is 0 Å². The fraction of sp³-hybridized carbons (Fsp3) is 0.0526. The molecule has 0 fully saturated rings. The van der Waals surface area contributed by atoms with E-state index in [1.54, 1.807) is 0 Å². The summed E-state index contributed by atoms with van der Waals surface area (Å²) in [6, 6.07) is 77.0. The fourth-order valence-electron chi connectivity index (χ4n) is 9.39. The highest BCUT2D eigenvalue weighted by Gasteiger charge is 2.36. The van der Waals surface area contributed by atoms with E-state index in [1.165, 1.54) is 66.8 Å². The number of rotatable bonds is 7. The first-order valence-electron chi connectivity index (χ1n) is 20.4. The minimum absolute atomic E-state index is 0.226. The molecule has 0 N–H and O–H groups in total. The fourth-order valence-corrected chi connectivity index (χ4v) is 9.39. The average molecular weight is 756 g/mol. The third-order valence-corrected chi connectivity index (χ3v) is 12.3. The lowest BCUT2D eigenvalue weighted by molar-refractivity contribution is 0.660. The van der Waals surface area contributed by atoms with Gasteiger partial charge < -0.3 is 9.32 Å². The number of hydrogen-bond donors (Lipinski definition) is 0. The summed E-state index contributed by atoms with van der Waals surface area (Å²) in [5, 5.41) is 2.20. The highest BCUT2D eigenvalue weighted by molar-refractivity contribution is 6.08. The van der Waals surface area contributed by atoms with Gasteiger partial charge in [0.25, 0.3) is 0 Å². The van der Waals surface area contributed by atoms with Crippen molar-refractivity contribution in [2.45, 2.75) is 19.3 Å². The molecule has 280 valence electrons. The molecule has 1 heterocycles. The molecule has 10 aromatic rings. The Balaban J connectivity index is 1.18. The monoisotopic (exact) mass is 755 g/mol. The summed E-state index contributed by atoms with van der Waals surface area (Å²) in [4.78, 5) is 2.47. The van der Waals surface area contributed by atoms with Crippen LogP contribution in [-0.4, -0.2) is 0 Å². The molecule has 0 saturated carbocycles. The van der Waals surface area contributed by atoms with E-state index in [0.29, 0.717) is 0 Å². The molecule has 0 unspecified atom stereocenters. The van der Waals surface area contributed by atoms with Crippen LogP contribution in [0.5, 0.6) is 0 Å². The van der Waals surface area contributed by atoms with E-state index in [9.17, 15) is 0 Å². The highest BCUT2D eigenvalue weighted by Crippen LogP contribution is 2.53. The zero-order chi connectivity index (χ0) is 39.5. The van der Waals surface area contributed by atoms with Crippen LogP contribution in [-0.2, 0) is 5.41 Å². The Morgan fingerprint density at radius 2 is 0.898 bits per heavy atom. The Bertz CT molecular complexity index is 3180. The Labute approximate surface area is 345 Å². The normalized spacial score (nSPS) is 12.7. The second-order valence-corrected chi connectivity index (χ2v) is 16.1. The molecule has 9 aromatic carbocycles. The van der Waals surface area contributed by atoms with Gasteiger partial charge in [0.05, 0.1) is 5.69 Å². The van der Waals surface area contributed by atoms with Crippen LogP contribution in [0, 0.1) is 0 Å². The van der Waals surface area contributed by atoms with E-state index in [4.69, 9.17) is 4.42 Å². The Hall–Kier alpha value is -7.42. The van der Waals surface area contributed by atoms with Gasteiger partial charge in [-0.2, -0.15) is 0 Å². The first kappa shape index (κ1) is 34.8. The second-order valence-electron chi connectivity index (χ2n) is 16.1. The van der Waals surface area contributed by atoms with Gasteiger partial charge in [-0.3, -0.25) is 0 Å². The lowest BCUT2D eigenvalue weighted by Crippen LogP contribution is -2.17. The van der Waals surface area contributed by atoms with E-state index in [-0.39, 0.29) is 5.41 Å². The smallest absolute Gasteiger partial charge is 0.135 e. The maximum Gasteiger partial charge on any atom is 0.135 e. The van der Waals surface area contributed by atoms with E-state index in [0.717, 1.165) is 39.0 Å². The maximum atomic E-state index is 6.38. The Morgan fingerprint density at radius 3 is 1.64 bits per heavy atom. The van der Waals surface area contributed by atoms with Crippen LogP contribution in [0.1, 0.15) is 25.0 Å². The van der Waals surface area contributed by atoms with Crippen molar-refractivity contribution in [3.05, 3.63) is 223 Å². The minimum Gasteiger partial charge on any atom is -0.456 e. The van der Waals surface area contributed by atoms with Gasteiger partial charge in [-0.1, -0.05) is 178 Å². The van der Waals surface area contributed by atoms with Crippen LogP contribution in [0.4, 0.5) is 17.1 Å². The van der Waals surface area contributed by atoms with E-state index in [1.807, 2.05) is 6.07 Å². The second kappa shape index (κ2) is 13.9. The maximum absolute atomic E-state index is 6.38. The topological polar surface area (TPSA) is 16.4 Å². The van der Waals surface area contributed by atoms with Crippen molar-refractivity contribution in [2.75, 3.05) is 4.90 Å². The Morgan fingerprint density at radius 1 is 0.356 bits per heavy atom. The zero-order valence-electron chi connectivity index (χ0n) is 33.1.